The summed E-state index contributed by atoms with van der Waals surface area (Å²) < 4.78 is 68.8. The minimum absolute atomic E-state index is 0.108. The van der Waals surface area contributed by atoms with E-state index < -0.39 is 97.5 Å². The van der Waals surface area contributed by atoms with Crippen LogP contribution in [0.2, 0.25) is 0 Å². The second kappa shape index (κ2) is 77.8. The summed E-state index contributed by atoms with van der Waals surface area (Å²) in [5.74, 6) is -1.31. The largest absolute Gasteiger partial charge is 0.472 e. The van der Waals surface area contributed by atoms with E-state index in [1.54, 1.807) is 0 Å². The molecule has 0 saturated heterocycles. The molecular formula is C85H166O17P2. The number of hydrogen-bond donors (Lipinski definition) is 3. The van der Waals surface area contributed by atoms with E-state index >= 15 is 0 Å². The molecule has 17 nitrogen and oxygen atoms in total. The molecule has 618 valence electrons. The molecule has 5 atom stereocenters. The van der Waals surface area contributed by atoms with Gasteiger partial charge in [-0.1, -0.05) is 407 Å². The van der Waals surface area contributed by atoms with Gasteiger partial charge in [-0.15, -0.1) is 0 Å². The highest BCUT2D eigenvalue weighted by Gasteiger charge is 2.30. The second-order valence-electron chi connectivity index (χ2n) is 31.1. The van der Waals surface area contributed by atoms with E-state index in [1.165, 1.54) is 283 Å². The summed E-state index contributed by atoms with van der Waals surface area (Å²) in [4.78, 5) is 73.1. The monoisotopic (exact) mass is 1520 g/mol. The lowest BCUT2D eigenvalue weighted by Gasteiger charge is -2.21. The number of phosphoric acid groups is 2. The molecule has 0 aliphatic carbocycles. The highest BCUT2D eigenvalue weighted by molar-refractivity contribution is 7.47. The summed E-state index contributed by atoms with van der Waals surface area (Å²) >= 11 is 0. The van der Waals surface area contributed by atoms with Gasteiger partial charge in [-0.25, -0.2) is 9.13 Å². The molecule has 104 heavy (non-hydrogen) atoms. The fourth-order valence-corrected chi connectivity index (χ4v) is 14.9. The quantitative estimate of drug-likeness (QED) is 0.0222. The summed E-state index contributed by atoms with van der Waals surface area (Å²) in [6.07, 6.45) is 70.9. The molecule has 19 heteroatoms. The van der Waals surface area contributed by atoms with Crippen molar-refractivity contribution >= 4 is 39.5 Å². The van der Waals surface area contributed by atoms with Crippen LogP contribution in [0, 0.1) is 5.92 Å². The van der Waals surface area contributed by atoms with E-state index in [9.17, 15) is 43.2 Å². The fourth-order valence-electron chi connectivity index (χ4n) is 13.3. The number of aliphatic hydroxyl groups is 1. The third kappa shape index (κ3) is 78.2. The van der Waals surface area contributed by atoms with Gasteiger partial charge in [0.05, 0.1) is 26.4 Å². The lowest BCUT2D eigenvalue weighted by atomic mass is 10.0. The van der Waals surface area contributed by atoms with Crippen LogP contribution in [0.1, 0.15) is 458 Å². The van der Waals surface area contributed by atoms with Crippen LogP contribution in [0.4, 0.5) is 0 Å². The zero-order valence-electron chi connectivity index (χ0n) is 68.2. The molecule has 3 N–H and O–H groups in total. The van der Waals surface area contributed by atoms with E-state index in [0.717, 1.165) is 95.8 Å². The molecular weight excluding hydrogens is 1350 g/mol. The van der Waals surface area contributed by atoms with Gasteiger partial charge >= 0.3 is 39.5 Å². The minimum atomic E-state index is -4.96. The number of aliphatic hydroxyl groups excluding tert-OH is 1. The van der Waals surface area contributed by atoms with E-state index in [4.69, 9.17) is 37.0 Å². The first-order valence-corrected chi connectivity index (χ1v) is 47.1. The van der Waals surface area contributed by atoms with Crippen molar-refractivity contribution in [1.82, 2.24) is 0 Å². The molecule has 0 amide bonds. The molecule has 0 saturated carbocycles. The first kappa shape index (κ1) is 102. The van der Waals surface area contributed by atoms with Crippen LogP contribution < -0.4 is 0 Å². The maximum Gasteiger partial charge on any atom is 0.472 e. The average molecular weight is 1520 g/mol. The van der Waals surface area contributed by atoms with Crippen molar-refractivity contribution in [3.63, 3.8) is 0 Å². The normalized spacial score (nSPS) is 13.8. The van der Waals surface area contributed by atoms with Crippen molar-refractivity contribution in [3.05, 3.63) is 0 Å². The van der Waals surface area contributed by atoms with Crippen molar-refractivity contribution in [1.29, 1.82) is 0 Å². The Morgan fingerprint density at radius 1 is 0.260 bits per heavy atom. The Morgan fingerprint density at radius 3 is 0.654 bits per heavy atom. The van der Waals surface area contributed by atoms with Gasteiger partial charge in [0.15, 0.2) is 12.2 Å². The standard InChI is InChI=1S/C85H166O17P2/c1-6-9-12-15-18-21-23-25-27-29-31-32-34-36-41-45-50-55-60-65-70-85(90)102-81(75-96-83(88)69-64-59-54-49-44-40-35-33-30-28-26-24-22-19-16-13-10-7-2)77-100-104(93,94)98-73-79(86)72-97-103(91,92)99-76-80(74-95-82(87)68-63-58-53-47-20-17-14-11-8-3)101-84(89)71-66-61-56-51-46-42-38-37-39-43-48-52-57-62-67-78(4)5/h78-81,86H,6-77H2,1-5H3,(H,91,92)(H,93,94)/t79-,80+,81+/m0/s1. The van der Waals surface area contributed by atoms with Gasteiger partial charge in [0, 0.05) is 25.7 Å². The van der Waals surface area contributed by atoms with Crippen molar-refractivity contribution in [3.8, 4) is 0 Å². The van der Waals surface area contributed by atoms with Crippen LogP contribution in [0.5, 0.6) is 0 Å². The van der Waals surface area contributed by atoms with Crippen LogP contribution in [-0.2, 0) is 65.4 Å². The number of carbonyl (C=O) groups excluding carboxylic acids is 4. The minimum Gasteiger partial charge on any atom is -0.462 e. The van der Waals surface area contributed by atoms with Gasteiger partial charge in [-0.3, -0.25) is 37.3 Å². The highest BCUT2D eigenvalue weighted by Crippen LogP contribution is 2.45. The Hall–Kier alpha value is -1.94. The predicted molar refractivity (Wildman–Crippen MR) is 428 cm³/mol. The lowest BCUT2D eigenvalue weighted by Crippen LogP contribution is -2.30. The number of carbonyl (C=O) groups is 4. The number of phosphoric ester groups is 2. The summed E-state index contributed by atoms with van der Waals surface area (Å²) in [5, 5.41) is 10.7. The van der Waals surface area contributed by atoms with E-state index in [0.29, 0.717) is 25.7 Å². The second-order valence-corrected chi connectivity index (χ2v) is 34.0. The van der Waals surface area contributed by atoms with Crippen molar-refractivity contribution in [2.24, 2.45) is 5.92 Å². The van der Waals surface area contributed by atoms with Gasteiger partial charge in [0.2, 0.25) is 0 Å². The van der Waals surface area contributed by atoms with Gasteiger partial charge in [0.1, 0.15) is 19.3 Å². The molecule has 0 heterocycles. The van der Waals surface area contributed by atoms with E-state index in [-0.39, 0.29) is 25.7 Å². The van der Waals surface area contributed by atoms with Crippen LogP contribution in [0.25, 0.3) is 0 Å². The third-order valence-corrected chi connectivity index (χ3v) is 21.9. The van der Waals surface area contributed by atoms with Crippen LogP contribution >= 0.6 is 15.6 Å². The maximum atomic E-state index is 13.1. The molecule has 0 aromatic heterocycles. The maximum absolute atomic E-state index is 13.1. The van der Waals surface area contributed by atoms with Gasteiger partial charge in [0.25, 0.3) is 0 Å². The zero-order chi connectivity index (χ0) is 76.2. The molecule has 0 aromatic carbocycles. The molecule has 0 radical (unpaired) electrons. The number of unbranched alkanes of at least 4 members (excludes halogenated alkanes) is 57. The topological polar surface area (TPSA) is 237 Å². The number of hydrogen-bond acceptors (Lipinski definition) is 15. The Kier molecular flexibility index (Phi) is 76.3. The zero-order valence-corrected chi connectivity index (χ0v) is 70.0. The van der Waals surface area contributed by atoms with Gasteiger partial charge in [-0.05, 0) is 31.6 Å². The molecule has 0 aliphatic heterocycles. The van der Waals surface area contributed by atoms with Gasteiger partial charge in [-0.2, -0.15) is 0 Å². The fraction of sp³-hybridized carbons (Fsp3) is 0.953. The Bertz CT molecular complexity index is 1980. The van der Waals surface area contributed by atoms with Crippen molar-refractivity contribution < 1.29 is 80.2 Å². The van der Waals surface area contributed by atoms with Crippen LogP contribution in [0.15, 0.2) is 0 Å². The highest BCUT2D eigenvalue weighted by atomic mass is 31.2. The SMILES string of the molecule is CCCCCCCCCCCCCCCCCCCCCCC(=O)O[C@H](COC(=O)CCCCCCCCCCCCCCCCCCCC)COP(=O)(O)OC[C@@H](O)COP(=O)(O)OC[C@@H](COC(=O)CCCCCCCCCCC)OC(=O)CCCCCCCCCCCCCCCCC(C)C. The molecule has 2 unspecified atom stereocenters. The first-order valence-electron chi connectivity index (χ1n) is 44.1. The Balaban J connectivity index is 5.21. The lowest BCUT2D eigenvalue weighted by molar-refractivity contribution is -0.161. The smallest absolute Gasteiger partial charge is 0.462 e. The molecule has 0 spiro atoms. The van der Waals surface area contributed by atoms with Crippen molar-refractivity contribution in [2.45, 2.75) is 477 Å². The molecule has 0 rings (SSSR count). The predicted octanol–water partition coefficient (Wildman–Crippen LogP) is 26.0. The Labute approximate surface area is 638 Å². The number of rotatable bonds is 85. The van der Waals surface area contributed by atoms with Crippen molar-refractivity contribution in [2.75, 3.05) is 39.6 Å². The molecule has 0 aliphatic rings. The molecule has 0 bridgehead atoms. The average Bonchev–Trinajstić information content (AvgIpc) is 0.905. The third-order valence-electron chi connectivity index (χ3n) is 20.0. The summed E-state index contributed by atoms with van der Waals surface area (Å²) in [7, 11) is -9.92. The van der Waals surface area contributed by atoms with Crippen LogP contribution in [0.3, 0.4) is 0 Å². The first-order chi connectivity index (χ1) is 50.5. The number of ether oxygens (including phenoxy) is 4. The summed E-state index contributed by atoms with van der Waals surface area (Å²) in [6.45, 7) is 7.36. The summed E-state index contributed by atoms with van der Waals surface area (Å²) in [5.41, 5.74) is 0. The van der Waals surface area contributed by atoms with Gasteiger partial charge < -0.3 is 33.8 Å². The van der Waals surface area contributed by atoms with E-state index in [2.05, 4.69) is 34.6 Å². The number of esters is 4. The van der Waals surface area contributed by atoms with E-state index in [1.807, 2.05) is 0 Å². The summed E-state index contributed by atoms with van der Waals surface area (Å²) in [6, 6.07) is 0. The van der Waals surface area contributed by atoms with Crippen LogP contribution in [-0.4, -0.2) is 96.7 Å². The molecule has 0 aromatic rings. The molecule has 0 fully saturated rings. The Morgan fingerprint density at radius 2 is 0.442 bits per heavy atom.